The average molecular weight is 329 g/mol. The second kappa shape index (κ2) is 7.59. The molecule has 0 amide bonds. The minimum atomic E-state index is -3.49. The number of furan rings is 1. The molecule has 2 N–H and O–H groups in total. The van der Waals surface area contributed by atoms with E-state index in [-0.39, 0.29) is 19.0 Å². The molecule has 0 aliphatic rings. The van der Waals surface area contributed by atoms with Crippen LogP contribution in [0.5, 0.6) is 0 Å². The van der Waals surface area contributed by atoms with Crippen molar-refractivity contribution in [1.82, 2.24) is 0 Å². The number of hydrogen-bond donors (Lipinski definition) is 2. The molecule has 2 aromatic rings. The van der Waals surface area contributed by atoms with Crippen LogP contribution in [0, 0.1) is 0 Å². The number of fused-ring (bicyclic) bond motifs is 1. The molecule has 7 nitrogen and oxygen atoms in total. The Balaban J connectivity index is 1.96. The van der Waals surface area contributed by atoms with Crippen molar-refractivity contribution in [3.8, 4) is 0 Å². The number of aliphatic hydroxyl groups is 1. The van der Waals surface area contributed by atoms with E-state index >= 15 is 0 Å². The number of nitrogens with one attached hydrogen (secondary N) is 1. The van der Waals surface area contributed by atoms with Crippen LogP contribution in [0.15, 0.2) is 28.7 Å². The van der Waals surface area contributed by atoms with Gasteiger partial charge in [0.25, 0.3) is 0 Å². The predicted octanol–water partition coefficient (Wildman–Crippen LogP) is 1.33. The average Bonchev–Trinajstić information content (AvgIpc) is 2.89. The van der Waals surface area contributed by atoms with Crippen LogP contribution in [-0.4, -0.2) is 46.2 Å². The Morgan fingerprint density at radius 1 is 1.23 bits per heavy atom. The zero-order valence-corrected chi connectivity index (χ0v) is 13.1. The van der Waals surface area contributed by atoms with Crippen molar-refractivity contribution < 1.29 is 27.4 Å². The highest BCUT2D eigenvalue weighted by atomic mass is 32.2. The molecule has 1 heterocycles. The summed E-state index contributed by atoms with van der Waals surface area (Å²) in [6, 6.07) is 6.58. The smallest absolute Gasteiger partial charge is 0.234 e. The lowest BCUT2D eigenvalue weighted by atomic mass is 10.2. The molecule has 0 radical (unpaired) electrons. The van der Waals surface area contributed by atoms with Gasteiger partial charge in [-0.25, -0.2) is 8.42 Å². The maximum Gasteiger partial charge on any atom is 0.234 e. The summed E-state index contributed by atoms with van der Waals surface area (Å²) in [4.78, 5) is 0. The lowest BCUT2D eigenvalue weighted by Gasteiger charge is -2.08. The van der Waals surface area contributed by atoms with Crippen molar-refractivity contribution in [2.45, 2.75) is 6.61 Å². The third-order valence-corrected chi connectivity index (χ3v) is 4.18. The first kappa shape index (κ1) is 16.8. The Kier molecular flexibility index (Phi) is 5.78. The van der Waals surface area contributed by atoms with Crippen LogP contribution in [0.25, 0.3) is 11.0 Å². The number of ether oxygens (including phenoxy) is 2. The normalized spacial score (nSPS) is 11.9. The largest absolute Gasteiger partial charge is 0.459 e. The number of anilines is 1. The number of benzene rings is 1. The Labute approximate surface area is 128 Å². The Morgan fingerprint density at radius 2 is 2.05 bits per heavy atom. The summed E-state index contributed by atoms with van der Waals surface area (Å²) < 4.78 is 41.7. The first-order valence-corrected chi connectivity index (χ1v) is 8.40. The van der Waals surface area contributed by atoms with Gasteiger partial charge in [0.1, 0.15) is 18.0 Å². The van der Waals surface area contributed by atoms with Gasteiger partial charge in [-0.3, -0.25) is 4.72 Å². The lowest BCUT2D eigenvalue weighted by molar-refractivity contribution is 0.0785. The van der Waals surface area contributed by atoms with Gasteiger partial charge >= 0.3 is 0 Å². The molecule has 1 aromatic carbocycles. The maximum absolute atomic E-state index is 11.9. The van der Waals surface area contributed by atoms with E-state index in [1.807, 2.05) is 0 Å². The molecular formula is C14H19NO6S. The standard InChI is InChI=1S/C14H19NO6S/c1-19-4-5-20-6-7-22(17,18)15-12-2-3-14-11(8-12)9-13(10-16)21-14/h2-3,8-9,15-16H,4-7,10H2,1H3. The molecule has 0 saturated heterocycles. The Hall–Kier alpha value is -1.61. The summed E-state index contributed by atoms with van der Waals surface area (Å²) in [6.07, 6.45) is 0. The number of rotatable bonds is 9. The van der Waals surface area contributed by atoms with Crippen LogP contribution in [0.3, 0.4) is 0 Å². The fraction of sp³-hybridized carbons (Fsp3) is 0.429. The minimum absolute atomic E-state index is 0.0985. The van der Waals surface area contributed by atoms with Crippen molar-refractivity contribution in [3.05, 3.63) is 30.0 Å². The molecule has 0 atom stereocenters. The van der Waals surface area contributed by atoms with E-state index in [1.165, 1.54) is 0 Å². The van der Waals surface area contributed by atoms with Gasteiger partial charge in [-0.2, -0.15) is 0 Å². The predicted molar refractivity (Wildman–Crippen MR) is 82.2 cm³/mol. The first-order chi connectivity index (χ1) is 10.5. The molecule has 22 heavy (non-hydrogen) atoms. The number of aliphatic hydroxyl groups excluding tert-OH is 1. The van der Waals surface area contributed by atoms with Crippen LogP contribution in [0.4, 0.5) is 5.69 Å². The molecule has 1 aromatic heterocycles. The summed E-state index contributed by atoms with van der Waals surface area (Å²) in [7, 11) is -1.93. The van der Waals surface area contributed by atoms with Gasteiger partial charge < -0.3 is 19.0 Å². The van der Waals surface area contributed by atoms with E-state index in [0.29, 0.717) is 30.2 Å². The molecule has 0 aliphatic heterocycles. The topological polar surface area (TPSA) is 98.0 Å². The van der Waals surface area contributed by atoms with Crippen LogP contribution >= 0.6 is 0 Å². The summed E-state index contributed by atoms with van der Waals surface area (Å²) in [6.45, 7) is 0.685. The molecule has 8 heteroatoms. The highest BCUT2D eigenvalue weighted by Crippen LogP contribution is 2.23. The molecule has 0 fully saturated rings. The van der Waals surface area contributed by atoms with Crippen molar-refractivity contribution in [3.63, 3.8) is 0 Å². The van der Waals surface area contributed by atoms with Gasteiger partial charge in [-0.05, 0) is 24.3 Å². The van der Waals surface area contributed by atoms with E-state index in [0.717, 1.165) is 5.39 Å². The third-order valence-electron chi connectivity index (χ3n) is 2.92. The SMILES string of the molecule is COCCOCCS(=O)(=O)Nc1ccc2oc(CO)cc2c1. The highest BCUT2D eigenvalue weighted by molar-refractivity contribution is 7.92. The van der Waals surface area contributed by atoms with Gasteiger partial charge in [0.15, 0.2) is 0 Å². The second-order valence-electron chi connectivity index (χ2n) is 4.65. The monoisotopic (exact) mass is 329 g/mol. The van der Waals surface area contributed by atoms with Crippen molar-refractivity contribution >= 4 is 26.7 Å². The molecule has 122 valence electrons. The van der Waals surface area contributed by atoms with E-state index in [4.69, 9.17) is 19.0 Å². The summed E-state index contributed by atoms with van der Waals surface area (Å²) in [5, 5.41) is 9.75. The molecule has 0 bridgehead atoms. The Morgan fingerprint density at radius 3 is 2.77 bits per heavy atom. The number of hydrogen-bond acceptors (Lipinski definition) is 6. The van der Waals surface area contributed by atoms with Gasteiger partial charge in [-0.1, -0.05) is 0 Å². The Bertz CT molecular complexity index is 709. The summed E-state index contributed by atoms with van der Waals surface area (Å²) in [5.74, 6) is 0.295. The summed E-state index contributed by atoms with van der Waals surface area (Å²) >= 11 is 0. The van der Waals surface area contributed by atoms with Crippen molar-refractivity contribution in [2.75, 3.05) is 37.4 Å². The number of methoxy groups -OCH3 is 1. The molecule has 2 rings (SSSR count). The summed E-state index contributed by atoms with van der Waals surface area (Å²) in [5.41, 5.74) is 1.03. The molecule has 0 unspecified atom stereocenters. The molecule has 0 spiro atoms. The third kappa shape index (κ3) is 4.70. The van der Waals surface area contributed by atoms with E-state index in [1.54, 1.807) is 31.4 Å². The number of sulfonamides is 1. The van der Waals surface area contributed by atoms with Crippen LogP contribution < -0.4 is 4.72 Å². The zero-order chi connectivity index (χ0) is 16.0. The van der Waals surface area contributed by atoms with Crippen molar-refractivity contribution in [2.24, 2.45) is 0 Å². The van der Waals surface area contributed by atoms with Gasteiger partial charge in [0, 0.05) is 18.2 Å². The van der Waals surface area contributed by atoms with E-state index in [9.17, 15) is 8.42 Å². The highest BCUT2D eigenvalue weighted by Gasteiger charge is 2.11. The molecule has 0 aliphatic carbocycles. The minimum Gasteiger partial charge on any atom is -0.459 e. The van der Waals surface area contributed by atoms with Crippen LogP contribution in [0.1, 0.15) is 5.76 Å². The van der Waals surface area contributed by atoms with E-state index < -0.39 is 10.0 Å². The van der Waals surface area contributed by atoms with Gasteiger partial charge in [-0.15, -0.1) is 0 Å². The first-order valence-electron chi connectivity index (χ1n) is 6.74. The van der Waals surface area contributed by atoms with Crippen LogP contribution in [0.2, 0.25) is 0 Å². The fourth-order valence-corrected chi connectivity index (χ4v) is 2.81. The van der Waals surface area contributed by atoms with E-state index in [2.05, 4.69) is 4.72 Å². The van der Waals surface area contributed by atoms with Gasteiger partial charge in [0.2, 0.25) is 10.0 Å². The van der Waals surface area contributed by atoms with Gasteiger partial charge in [0.05, 0.1) is 25.6 Å². The fourth-order valence-electron chi connectivity index (χ4n) is 1.88. The lowest BCUT2D eigenvalue weighted by Crippen LogP contribution is -2.20. The van der Waals surface area contributed by atoms with Crippen LogP contribution in [-0.2, 0) is 26.1 Å². The van der Waals surface area contributed by atoms with Crippen molar-refractivity contribution in [1.29, 1.82) is 0 Å². The molecule has 0 saturated carbocycles. The quantitative estimate of drug-likeness (QED) is 0.674. The second-order valence-corrected chi connectivity index (χ2v) is 6.49. The molecular weight excluding hydrogens is 310 g/mol. The maximum atomic E-state index is 11.9. The zero-order valence-electron chi connectivity index (χ0n) is 12.2.